The molecule has 1 aliphatic rings. The molecule has 1 unspecified atom stereocenters. The Hall–Kier alpha value is -3.63. The average Bonchev–Trinajstić information content (AvgIpc) is 3.37. The summed E-state index contributed by atoms with van der Waals surface area (Å²) in [5.74, 6) is -0.696. The number of benzene rings is 2. The number of anilines is 1. The van der Waals surface area contributed by atoms with Gasteiger partial charge in [-0.3, -0.25) is 24.6 Å². The fraction of sp³-hybridized carbons (Fsp3) is 0.143. The molecule has 0 aliphatic carbocycles. The Labute approximate surface area is 189 Å². The summed E-state index contributed by atoms with van der Waals surface area (Å²) in [6.45, 7) is 1.91. The molecular weight excluding hydrogens is 456 g/mol. The number of carbonyl (C=O) groups is 1. The topological polar surface area (TPSA) is 119 Å². The fourth-order valence-corrected chi connectivity index (χ4v) is 4.73. The maximum absolute atomic E-state index is 13.5. The van der Waals surface area contributed by atoms with E-state index in [0.29, 0.717) is 22.0 Å². The molecule has 0 spiro atoms. The number of hydrogen-bond donors (Lipinski definition) is 0. The number of aryl methyl sites for hydroxylation is 1. The first-order chi connectivity index (χ1) is 15.4. The molecule has 4 aromatic rings. The van der Waals surface area contributed by atoms with Crippen LogP contribution < -0.4 is 10.3 Å². The summed E-state index contributed by atoms with van der Waals surface area (Å²) in [5, 5.41) is 21.1. The van der Waals surface area contributed by atoms with Crippen LogP contribution in [0.4, 0.5) is 10.8 Å². The van der Waals surface area contributed by atoms with Gasteiger partial charge < -0.3 is 4.42 Å². The van der Waals surface area contributed by atoms with E-state index in [-0.39, 0.29) is 33.1 Å². The maximum Gasteiger partial charge on any atom is 0.297 e. The second-order valence-corrected chi connectivity index (χ2v) is 8.55. The Kier molecular flexibility index (Phi) is 4.75. The van der Waals surface area contributed by atoms with Gasteiger partial charge in [-0.25, -0.2) is 0 Å². The number of non-ortho nitro benzene ring substituents is 1. The van der Waals surface area contributed by atoms with Crippen LogP contribution in [0.25, 0.3) is 11.0 Å². The van der Waals surface area contributed by atoms with E-state index in [1.165, 1.54) is 46.6 Å². The van der Waals surface area contributed by atoms with Crippen LogP contribution >= 0.6 is 22.9 Å². The number of nitro groups is 1. The molecule has 3 heterocycles. The minimum absolute atomic E-state index is 0.0820. The molecule has 32 heavy (non-hydrogen) atoms. The van der Waals surface area contributed by atoms with E-state index in [9.17, 15) is 19.7 Å². The summed E-state index contributed by atoms with van der Waals surface area (Å²) in [7, 11) is 0. The molecule has 0 fully saturated rings. The molecule has 0 radical (unpaired) electrons. The second kappa shape index (κ2) is 7.50. The van der Waals surface area contributed by atoms with Crippen molar-refractivity contribution >= 4 is 50.6 Å². The molecule has 1 aliphatic heterocycles. The first kappa shape index (κ1) is 20.3. The van der Waals surface area contributed by atoms with Crippen molar-refractivity contribution in [2.45, 2.75) is 19.4 Å². The molecule has 0 saturated carbocycles. The van der Waals surface area contributed by atoms with Gasteiger partial charge in [0.25, 0.3) is 11.6 Å². The van der Waals surface area contributed by atoms with E-state index < -0.39 is 22.3 Å². The molecule has 1 atom stereocenters. The third-order valence-corrected chi connectivity index (χ3v) is 6.50. The molecule has 5 rings (SSSR count). The van der Waals surface area contributed by atoms with Gasteiger partial charge in [0, 0.05) is 17.2 Å². The number of hydrogen-bond acceptors (Lipinski definition) is 8. The average molecular weight is 469 g/mol. The maximum atomic E-state index is 13.5. The van der Waals surface area contributed by atoms with Crippen molar-refractivity contribution in [3.63, 3.8) is 0 Å². The van der Waals surface area contributed by atoms with Gasteiger partial charge in [0.2, 0.25) is 10.9 Å². The number of aromatic nitrogens is 2. The van der Waals surface area contributed by atoms with Crippen molar-refractivity contribution < 1.29 is 14.1 Å². The number of carbonyl (C=O) groups excluding carboxylic acids is 1. The minimum Gasteiger partial charge on any atom is -0.450 e. The van der Waals surface area contributed by atoms with Gasteiger partial charge in [-0.2, -0.15) is 0 Å². The zero-order valence-electron chi connectivity index (χ0n) is 16.4. The molecule has 1 amide bonds. The van der Waals surface area contributed by atoms with Gasteiger partial charge in [-0.05, 0) is 30.2 Å². The lowest BCUT2D eigenvalue weighted by atomic mass is 9.98. The highest BCUT2D eigenvalue weighted by Gasteiger charge is 2.45. The van der Waals surface area contributed by atoms with Gasteiger partial charge in [0.05, 0.1) is 21.9 Å². The zero-order valence-corrected chi connectivity index (χ0v) is 18.0. The lowest BCUT2D eigenvalue weighted by Crippen LogP contribution is -2.29. The molecule has 160 valence electrons. The first-order valence-electron chi connectivity index (χ1n) is 9.55. The van der Waals surface area contributed by atoms with Crippen LogP contribution in [0.1, 0.15) is 39.7 Å². The van der Waals surface area contributed by atoms with Gasteiger partial charge >= 0.3 is 0 Å². The van der Waals surface area contributed by atoms with Crippen LogP contribution in [-0.2, 0) is 6.42 Å². The van der Waals surface area contributed by atoms with Crippen molar-refractivity contribution in [2.24, 2.45) is 0 Å². The van der Waals surface area contributed by atoms with Crippen molar-refractivity contribution in [1.82, 2.24) is 10.2 Å². The number of nitrogens with zero attached hydrogens (tertiary/aromatic N) is 4. The summed E-state index contributed by atoms with van der Waals surface area (Å²) >= 11 is 7.28. The van der Waals surface area contributed by atoms with E-state index >= 15 is 0 Å². The van der Waals surface area contributed by atoms with E-state index in [2.05, 4.69) is 10.2 Å². The van der Waals surface area contributed by atoms with Crippen LogP contribution in [0, 0.1) is 10.1 Å². The molecule has 2 aromatic carbocycles. The third-order valence-electron chi connectivity index (χ3n) is 5.19. The van der Waals surface area contributed by atoms with Crippen LogP contribution in [0.2, 0.25) is 5.02 Å². The Morgan fingerprint density at radius 2 is 2.03 bits per heavy atom. The largest absolute Gasteiger partial charge is 0.450 e. The standard InChI is InChI=1S/C21H13ClN4O5S/c1-2-15-23-24-21(32-15)25-17(10-4-3-5-12(8-10)26(29)30)16-18(27)13-9-11(22)6-7-14(13)31-19(16)20(25)28/h3-9,17H,2H2,1H3. The van der Waals surface area contributed by atoms with Crippen LogP contribution in [0.5, 0.6) is 0 Å². The number of rotatable bonds is 4. The number of fused-ring (bicyclic) bond motifs is 2. The van der Waals surface area contributed by atoms with Crippen molar-refractivity contribution in [3.05, 3.63) is 89.7 Å². The lowest BCUT2D eigenvalue weighted by molar-refractivity contribution is -0.384. The monoisotopic (exact) mass is 468 g/mol. The van der Waals surface area contributed by atoms with Gasteiger partial charge in [0.1, 0.15) is 10.6 Å². The predicted octanol–water partition coefficient (Wildman–Crippen LogP) is 4.52. The van der Waals surface area contributed by atoms with Gasteiger partial charge in [0.15, 0.2) is 5.43 Å². The normalized spacial score (nSPS) is 15.4. The summed E-state index contributed by atoms with van der Waals surface area (Å²) in [4.78, 5) is 39.1. The van der Waals surface area contributed by atoms with E-state index in [1.807, 2.05) is 6.92 Å². The van der Waals surface area contributed by atoms with Crippen LogP contribution in [0.15, 0.2) is 51.7 Å². The Balaban J connectivity index is 1.81. The lowest BCUT2D eigenvalue weighted by Gasteiger charge is -2.21. The van der Waals surface area contributed by atoms with E-state index in [4.69, 9.17) is 16.0 Å². The zero-order chi connectivity index (χ0) is 22.6. The molecule has 0 bridgehead atoms. The summed E-state index contributed by atoms with van der Waals surface area (Å²) in [6, 6.07) is 9.40. The Bertz CT molecular complexity index is 1480. The summed E-state index contributed by atoms with van der Waals surface area (Å²) in [6.07, 6.45) is 0.619. The van der Waals surface area contributed by atoms with Crippen molar-refractivity contribution in [3.8, 4) is 0 Å². The molecular formula is C21H13ClN4O5S. The highest BCUT2D eigenvalue weighted by Crippen LogP contribution is 2.42. The second-order valence-electron chi connectivity index (χ2n) is 7.08. The van der Waals surface area contributed by atoms with Crippen molar-refractivity contribution in [1.29, 1.82) is 0 Å². The highest BCUT2D eigenvalue weighted by molar-refractivity contribution is 7.15. The first-order valence-corrected chi connectivity index (χ1v) is 10.7. The predicted molar refractivity (Wildman–Crippen MR) is 119 cm³/mol. The number of halogens is 1. The Morgan fingerprint density at radius 3 is 2.75 bits per heavy atom. The smallest absolute Gasteiger partial charge is 0.297 e. The molecule has 0 saturated heterocycles. The van der Waals surface area contributed by atoms with E-state index in [1.54, 1.807) is 12.1 Å². The van der Waals surface area contributed by atoms with Crippen molar-refractivity contribution in [2.75, 3.05) is 4.90 Å². The highest BCUT2D eigenvalue weighted by atomic mass is 35.5. The van der Waals surface area contributed by atoms with Gasteiger partial charge in [-0.1, -0.05) is 42.0 Å². The van der Waals surface area contributed by atoms with Gasteiger partial charge in [-0.15, -0.1) is 10.2 Å². The number of amides is 1. The SMILES string of the molecule is CCc1nnc(N2C(=O)c3oc4ccc(Cl)cc4c(=O)c3C2c2cccc([N+](=O)[O-])c2)s1. The molecule has 11 heteroatoms. The molecule has 0 N–H and O–H groups in total. The Morgan fingerprint density at radius 1 is 1.22 bits per heavy atom. The summed E-state index contributed by atoms with van der Waals surface area (Å²) < 4.78 is 5.84. The third kappa shape index (κ3) is 3.07. The van der Waals surface area contributed by atoms with Crippen LogP contribution in [0.3, 0.4) is 0 Å². The molecule has 2 aromatic heterocycles. The number of nitro benzene ring substituents is 1. The summed E-state index contributed by atoms with van der Waals surface area (Å²) in [5.41, 5.74) is 0.0869. The quantitative estimate of drug-likeness (QED) is 0.319. The molecule has 9 nitrogen and oxygen atoms in total. The van der Waals surface area contributed by atoms with Crippen LogP contribution in [-0.4, -0.2) is 21.0 Å². The minimum atomic E-state index is -0.963. The van der Waals surface area contributed by atoms with E-state index in [0.717, 1.165) is 0 Å². The fourth-order valence-electron chi connectivity index (χ4n) is 3.75.